The zero-order valence-electron chi connectivity index (χ0n) is 19.5. The summed E-state index contributed by atoms with van der Waals surface area (Å²) in [6, 6.07) is 2.65. The molecule has 2 rings (SSSR count). The van der Waals surface area contributed by atoms with Gasteiger partial charge in [-0.15, -0.1) is 0 Å². The Kier molecular flexibility index (Phi) is 9.26. The maximum atomic E-state index is 14.8. The molecule has 0 radical (unpaired) electrons. The van der Waals surface area contributed by atoms with Crippen LogP contribution in [0.25, 0.3) is 11.1 Å². The minimum Gasteiger partial charge on any atom is -0.480 e. The number of sulfone groups is 1. The van der Waals surface area contributed by atoms with Crippen LogP contribution in [0.15, 0.2) is 41.3 Å². The molecule has 0 heterocycles. The van der Waals surface area contributed by atoms with Crippen LogP contribution in [0.3, 0.4) is 0 Å². The molecular weight excluding hydrogens is 494 g/mol. The Hall–Kier alpha value is -2.70. The van der Waals surface area contributed by atoms with Gasteiger partial charge in [0.25, 0.3) is 0 Å². The number of rotatable bonds is 11. The summed E-state index contributed by atoms with van der Waals surface area (Å²) in [6.45, 7) is 3.01. The Morgan fingerprint density at radius 3 is 2.23 bits per heavy atom. The molecule has 7 nitrogen and oxygen atoms in total. The number of methoxy groups -OCH3 is 1. The number of halogens is 4. The van der Waals surface area contributed by atoms with E-state index in [1.165, 1.54) is 25.3 Å². The molecule has 2 atom stereocenters. The van der Waals surface area contributed by atoms with Crippen LogP contribution in [-0.4, -0.2) is 51.9 Å². The minimum absolute atomic E-state index is 0.0368. The van der Waals surface area contributed by atoms with Crippen molar-refractivity contribution in [3.05, 3.63) is 47.8 Å². The SMILES string of the molecule is COCOc1cc(C(N[C@@H](CC(C)C)C(=O)O)C(F)(F)F)ccc1-c1ccc(S(C)(=O)=O)cc1F. The average Bonchev–Trinajstić information content (AvgIpc) is 2.73. The molecular formula is C23H27F4NO6S. The number of nitrogens with one attached hydrogen (secondary N) is 1. The first-order valence-corrected chi connectivity index (χ1v) is 12.4. The third-order valence-electron chi connectivity index (χ3n) is 5.03. The van der Waals surface area contributed by atoms with Crippen LogP contribution in [0, 0.1) is 11.7 Å². The first kappa shape index (κ1) is 28.5. The summed E-state index contributed by atoms with van der Waals surface area (Å²) in [5.41, 5.74) is -0.397. The molecule has 2 N–H and O–H groups in total. The Bertz CT molecular complexity index is 1150. The molecule has 0 amide bonds. The van der Waals surface area contributed by atoms with Gasteiger partial charge in [0, 0.05) is 24.5 Å². The highest BCUT2D eigenvalue weighted by Gasteiger charge is 2.43. The molecule has 0 fully saturated rings. The van der Waals surface area contributed by atoms with Gasteiger partial charge in [-0.25, -0.2) is 12.8 Å². The second kappa shape index (κ2) is 11.4. The zero-order valence-corrected chi connectivity index (χ0v) is 20.3. The van der Waals surface area contributed by atoms with E-state index in [-0.39, 0.29) is 46.5 Å². The highest BCUT2D eigenvalue weighted by Crippen LogP contribution is 2.39. The van der Waals surface area contributed by atoms with Gasteiger partial charge in [-0.05, 0) is 36.1 Å². The van der Waals surface area contributed by atoms with Crippen molar-refractivity contribution in [3.8, 4) is 16.9 Å². The molecule has 2 aromatic carbocycles. The summed E-state index contributed by atoms with van der Waals surface area (Å²) in [7, 11) is -2.40. The van der Waals surface area contributed by atoms with Crippen molar-refractivity contribution in [2.24, 2.45) is 5.92 Å². The van der Waals surface area contributed by atoms with Gasteiger partial charge in [0.2, 0.25) is 0 Å². The molecule has 0 bridgehead atoms. The third kappa shape index (κ3) is 7.64. The molecule has 12 heteroatoms. The highest BCUT2D eigenvalue weighted by molar-refractivity contribution is 7.90. The van der Waals surface area contributed by atoms with Gasteiger partial charge >= 0.3 is 12.1 Å². The molecule has 0 aliphatic carbocycles. The van der Waals surface area contributed by atoms with Gasteiger partial charge in [0.15, 0.2) is 16.6 Å². The maximum absolute atomic E-state index is 14.8. The first-order valence-electron chi connectivity index (χ1n) is 10.5. The van der Waals surface area contributed by atoms with E-state index in [2.05, 4.69) is 5.32 Å². The van der Waals surface area contributed by atoms with Crippen LogP contribution < -0.4 is 10.1 Å². The van der Waals surface area contributed by atoms with Gasteiger partial charge in [-0.3, -0.25) is 10.1 Å². The van der Waals surface area contributed by atoms with Crippen LogP contribution in [0.4, 0.5) is 17.6 Å². The van der Waals surface area contributed by atoms with Crippen LogP contribution in [-0.2, 0) is 19.4 Å². The lowest BCUT2D eigenvalue weighted by Crippen LogP contribution is -2.45. The summed E-state index contributed by atoms with van der Waals surface area (Å²) in [4.78, 5) is 11.3. The number of carboxylic acid groups (broad SMARTS) is 1. The maximum Gasteiger partial charge on any atom is 0.407 e. The number of alkyl halides is 3. The number of carboxylic acids is 1. The van der Waals surface area contributed by atoms with Gasteiger partial charge in [0.05, 0.1) is 4.90 Å². The molecule has 0 aromatic heterocycles. The molecule has 0 saturated heterocycles. The second-order valence-corrected chi connectivity index (χ2v) is 10.4. The van der Waals surface area contributed by atoms with Crippen molar-refractivity contribution >= 4 is 15.8 Å². The van der Waals surface area contributed by atoms with Gasteiger partial charge in [-0.2, -0.15) is 13.2 Å². The molecule has 2 aromatic rings. The van der Waals surface area contributed by atoms with Crippen molar-refractivity contribution in [1.29, 1.82) is 0 Å². The van der Waals surface area contributed by atoms with E-state index < -0.39 is 39.9 Å². The largest absolute Gasteiger partial charge is 0.480 e. The fourth-order valence-corrected chi connectivity index (χ4v) is 4.05. The van der Waals surface area contributed by atoms with E-state index in [9.17, 15) is 35.9 Å². The van der Waals surface area contributed by atoms with Crippen molar-refractivity contribution < 1.29 is 45.4 Å². The Morgan fingerprint density at radius 2 is 1.74 bits per heavy atom. The predicted octanol–water partition coefficient (Wildman–Crippen LogP) is 4.57. The number of benzene rings is 2. The Morgan fingerprint density at radius 1 is 1.11 bits per heavy atom. The summed E-state index contributed by atoms with van der Waals surface area (Å²) in [6.07, 6.45) is -3.98. The lowest BCUT2D eigenvalue weighted by atomic mass is 9.97. The van der Waals surface area contributed by atoms with Crippen molar-refractivity contribution in [2.45, 2.75) is 43.4 Å². The highest BCUT2D eigenvalue weighted by atomic mass is 32.2. The van der Waals surface area contributed by atoms with Crippen molar-refractivity contribution in [1.82, 2.24) is 5.32 Å². The third-order valence-corrected chi connectivity index (χ3v) is 6.14. The zero-order chi connectivity index (χ0) is 26.6. The van der Waals surface area contributed by atoms with Crippen molar-refractivity contribution in [2.75, 3.05) is 20.2 Å². The standard InChI is InChI=1S/C23H27F4NO6S/c1-13(2)9-19(22(29)30)28-21(23(25,26)27)14-5-7-17(20(10-14)34-12-33-3)16-8-6-15(11-18(16)24)35(4,31)32/h5-8,10-11,13,19,21,28H,9,12H2,1-4H3,(H,29,30)/t19-,21?/m0/s1. The number of aliphatic carboxylic acids is 1. The monoisotopic (exact) mass is 521 g/mol. The van der Waals surface area contributed by atoms with Gasteiger partial charge in [-0.1, -0.05) is 32.0 Å². The predicted molar refractivity (Wildman–Crippen MR) is 120 cm³/mol. The number of carbonyl (C=O) groups is 1. The lowest BCUT2D eigenvalue weighted by molar-refractivity contribution is -0.163. The number of hydrogen-bond acceptors (Lipinski definition) is 6. The summed E-state index contributed by atoms with van der Waals surface area (Å²) >= 11 is 0. The van der Waals surface area contributed by atoms with Crippen molar-refractivity contribution in [3.63, 3.8) is 0 Å². The van der Waals surface area contributed by atoms with E-state index in [0.717, 1.165) is 24.5 Å². The molecule has 35 heavy (non-hydrogen) atoms. The van der Waals surface area contributed by atoms with Crippen LogP contribution >= 0.6 is 0 Å². The molecule has 0 saturated carbocycles. The van der Waals surface area contributed by atoms with Gasteiger partial charge < -0.3 is 14.6 Å². The van der Waals surface area contributed by atoms with E-state index in [1.807, 2.05) is 0 Å². The molecule has 0 aliphatic heterocycles. The normalized spacial score (nSPS) is 14.1. The lowest BCUT2D eigenvalue weighted by Gasteiger charge is -2.27. The van der Waals surface area contributed by atoms with E-state index in [1.54, 1.807) is 13.8 Å². The smallest absolute Gasteiger partial charge is 0.407 e. The van der Waals surface area contributed by atoms with Crippen LogP contribution in [0.5, 0.6) is 5.75 Å². The molecule has 0 spiro atoms. The second-order valence-electron chi connectivity index (χ2n) is 8.38. The Labute approximate surface area is 201 Å². The fraction of sp³-hybridized carbons (Fsp3) is 0.435. The van der Waals surface area contributed by atoms with E-state index in [4.69, 9.17) is 9.47 Å². The average molecular weight is 522 g/mol. The topological polar surface area (TPSA) is 102 Å². The van der Waals surface area contributed by atoms with E-state index in [0.29, 0.717) is 0 Å². The molecule has 194 valence electrons. The Balaban J connectivity index is 2.58. The number of hydrogen-bond donors (Lipinski definition) is 2. The summed E-state index contributed by atoms with van der Waals surface area (Å²) in [5.74, 6) is -2.69. The fourth-order valence-electron chi connectivity index (χ4n) is 3.42. The number of ether oxygens (including phenoxy) is 2. The first-order chi connectivity index (χ1) is 16.1. The van der Waals surface area contributed by atoms with Gasteiger partial charge in [0.1, 0.15) is 23.7 Å². The summed E-state index contributed by atoms with van der Waals surface area (Å²) < 4.78 is 90.3. The molecule has 0 aliphatic rings. The summed E-state index contributed by atoms with van der Waals surface area (Å²) in [5, 5.41) is 11.6. The molecule has 1 unspecified atom stereocenters. The van der Waals surface area contributed by atoms with Crippen LogP contribution in [0.2, 0.25) is 0 Å². The van der Waals surface area contributed by atoms with E-state index >= 15 is 0 Å². The van der Waals surface area contributed by atoms with Crippen LogP contribution in [0.1, 0.15) is 31.9 Å². The minimum atomic E-state index is -4.85. The quantitative estimate of drug-likeness (QED) is 0.330.